The van der Waals surface area contributed by atoms with Crippen molar-refractivity contribution in [3.05, 3.63) is 16.1 Å². The van der Waals surface area contributed by atoms with Crippen molar-refractivity contribution in [1.82, 2.24) is 10.3 Å². The first-order valence-corrected chi connectivity index (χ1v) is 5.12. The zero-order chi connectivity index (χ0) is 8.97. The van der Waals surface area contributed by atoms with Gasteiger partial charge in [-0.3, -0.25) is 0 Å². The average molecular weight is 184 g/mol. The molecule has 12 heavy (non-hydrogen) atoms. The molecule has 68 valence electrons. The summed E-state index contributed by atoms with van der Waals surface area (Å²) in [5.74, 6) is 0.721. The molecule has 0 aromatic carbocycles. The fourth-order valence-electron chi connectivity index (χ4n) is 0.971. The molecule has 1 N–H and O–H groups in total. The highest BCUT2D eigenvalue weighted by Crippen LogP contribution is 2.10. The molecule has 1 aromatic heterocycles. The van der Waals surface area contributed by atoms with Crippen LogP contribution in [0.25, 0.3) is 0 Å². The molecule has 0 radical (unpaired) electrons. The maximum atomic E-state index is 4.19. The quantitative estimate of drug-likeness (QED) is 0.776. The smallest absolute Gasteiger partial charge is 0.0897 e. The van der Waals surface area contributed by atoms with Crippen molar-refractivity contribution in [3.8, 4) is 0 Å². The second-order valence-corrected chi connectivity index (χ2v) is 4.69. The zero-order valence-electron chi connectivity index (χ0n) is 7.92. The predicted octanol–water partition coefficient (Wildman–Crippen LogP) is 2.20. The van der Waals surface area contributed by atoms with E-state index in [1.807, 2.05) is 13.1 Å². The molecule has 3 heteroatoms. The summed E-state index contributed by atoms with van der Waals surface area (Å²) in [6.07, 6.45) is 1.95. The van der Waals surface area contributed by atoms with Gasteiger partial charge in [-0.15, -0.1) is 11.3 Å². The second-order valence-electron chi connectivity index (χ2n) is 3.37. The number of aromatic nitrogens is 1. The Morgan fingerprint density at radius 3 is 2.83 bits per heavy atom. The van der Waals surface area contributed by atoms with E-state index in [2.05, 4.69) is 24.1 Å². The van der Waals surface area contributed by atoms with Gasteiger partial charge < -0.3 is 5.32 Å². The van der Waals surface area contributed by atoms with Crippen LogP contribution in [0.2, 0.25) is 0 Å². The Hall–Kier alpha value is -0.410. The monoisotopic (exact) mass is 184 g/mol. The van der Waals surface area contributed by atoms with Gasteiger partial charge in [0.2, 0.25) is 0 Å². The van der Waals surface area contributed by atoms with E-state index in [1.165, 1.54) is 4.88 Å². The highest BCUT2D eigenvalue weighted by atomic mass is 32.1. The summed E-state index contributed by atoms with van der Waals surface area (Å²) in [5, 5.41) is 4.53. The summed E-state index contributed by atoms with van der Waals surface area (Å²) in [6, 6.07) is 0. The largest absolute Gasteiger partial charge is 0.312 e. The number of nitrogens with zero attached hydrogens (tertiary/aromatic N) is 1. The lowest BCUT2D eigenvalue weighted by Crippen LogP contribution is -2.18. The van der Waals surface area contributed by atoms with Crippen LogP contribution in [0, 0.1) is 12.8 Å². The maximum absolute atomic E-state index is 4.19. The third-order valence-corrected chi connectivity index (χ3v) is 2.43. The molecule has 0 fully saturated rings. The van der Waals surface area contributed by atoms with Gasteiger partial charge in [0.15, 0.2) is 0 Å². The molecule has 0 unspecified atom stereocenters. The second kappa shape index (κ2) is 4.58. The predicted molar refractivity (Wildman–Crippen MR) is 53.4 cm³/mol. The van der Waals surface area contributed by atoms with E-state index in [4.69, 9.17) is 0 Å². The van der Waals surface area contributed by atoms with Gasteiger partial charge >= 0.3 is 0 Å². The number of hydrogen-bond acceptors (Lipinski definition) is 3. The molecule has 0 saturated heterocycles. The first-order chi connectivity index (χ1) is 5.68. The van der Waals surface area contributed by atoms with Gasteiger partial charge in [-0.2, -0.15) is 0 Å². The van der Waals surface area contributed by atoms with Crippen LogP contribution in [0.15, 0.2) is 6.20 Å². The Morgan fingerprint density at radius 2 is 2.33 bits per heavy atom. The summed E-state index contributed by atoms with van der Waals surface area (Å²) in [6.45, 7) is 8.51. The minimum absolute atomic E-state index is 0.721. The normalized spacial score (nSPS) is 11.0. The molecule has 0 aliphatic rings. The Kier molecular flexibility index (Phi) is 3.69. The molecule has 0 spiro atoms. The van der Waals surface area contributed by atoms with Crippen LogP contribution in [0.4, 0.5) is 0 Å². The van der Waals surface area contributed by atoms with Gasteiger partial charge in [0, 0.05) is 17.6 Å². The summed E-state index contributed by atoms with van der Waals surface area (Å²) in [7, 11) is 0. The summed E-state index contributed by atoms with van der Waals surface area (Å²) in [5.41, 5.74) is 0. The lowest BCUT2D eigenvalue weighted by atomic mass is 10.2. The van der Waals surface area contributed by atoms with Gasteiger partial charge in [0.05, 0.1) is 5.01 Å². The van der Waals surface area contributed by atoms with E-state index >= 15 is 0 Å². The first-order valence-electron chi connectivity index (χ1n) is 4.30. The summed E-state index contributed by atoms with van der Waals surface area (Å²) in [4.78, 5) is 5.52. The standard InChI is InChI=1S/C9H16N2S/c1-7(2)4-10-5-9-6-11-8(3)12-9/h6-7,10H,4-5H2,1-3H3. The Balaban J connectivity index is 2.24. The molecule has 1 heterocycles. The Labute approximate surface area is 78.0 Å². The minimum Gasteiger partial charge on any atom is -0.312 e. The van der Waals surface area contributed by atoms with Crippen LogP contribution in [0.5, 0.6) is 0 Å². The minimum atomic E-state index is 0.721. The summed E-state index contributed by atoms with van der Waals surface area (Å²) < 4.78 is 0. The van der Waals surface area contributed by atoms with Crippen LogP contribution in [-0.4, -0.2) is 11.5 Å². The number of rotatable bonds is 4. The number of thiazole rings is 1. The van der Waals surface area contributed by atoms with Crippen LogP contribution < -0.4 is 5.32 Å². The third kappa shape index (κ3) is 3.32. The lowest BCUT2D eigenvalue weighted by molar-refractivity contribution is 0.554. The van der Waals surface area contributed by atoms with Gasteiger partial charge in [-0.05, 0) is 19.4 Å². The van der Waals surface area contributed by atoms with Gasteiger partial charge in [0.1, 0.15) is 0 Å². The molecule has 0 atom stereocenters. The van der Waals surface area contributed by atoms with E-state index in [-0.39, 0.29) is 0 Å². The molecular formula is C9H16N2S. The lowest BCUT2D eigenvalue weighted by Gasteiger charge is -2.04. The van der Waals surface area contributed by atoms with Crippen LogP contribution in [0.1, 0.15) is 23.7 Å². The van der Waals surface area contributed by atoms with E-state index in [9.17, 15) is 0 Å². The van der Waals surface area contributed by atoms with Crippen molar-refractivity contribution in [2.45, 2.75) is 27.3 Å². The summed E-state index contributed by atoms with van der Waals surface area (Å²) >= 11 is 1.77. The molecule has 1 aromatic rings. The van der Waals surface area contributed by atoms with Gasteiger partial charge in [-0.25, -0.2) is 4.98 Å². The average Bonchev–Trinajstić information content (AvgIpc) is 2.35. The Morgan fingerprint density at radius 1 is 1.58 bits per heavy atom. The van der Waals surface area contributed by atoms with E-state index in [0.29, 0.717) is 0 Å². The van der Waals surface area contributed by atoms with Crippen molar-refractivity contribution < 1.29 is 0 Å². The molecule has 0 aliphatic heterocycles. The van der Waals surface area contributed by atoms with Crippen molar-refractivity contribution in [1.29, 1.82) is 0 Å². The van der Waals surface area contributed by atoms with Crippen molar-refractivity contribution in [2.24, 2.45) is 5.92 Å². The fourth-order valence-corrected chi connectivity index (χ4v) is 1.74. The first kappa shape index (κ1) is 9.68. The number of hydrogen-bond donors (Lipinski definition) is 1. The molecule has 0 bridgehead atoms. The third-order valence-electron chi connectivity index (χ3n) is 1.52. The van der Waals surface area contributed by atoms with Crippen molar-refractivity contribution >= 4 is 11.3 Å². The van der Waals surface area contributed by atoms with E-state index in [1.54, 1.807) is 11.3 Å². The SMILES string of the molecule is Cc1ncc(CNCC(C)C)s1. The van der Waals surface area contributed by atoms with Crippen molar-refractivity contribution in [3.63, 3.8) is 0 Å². The van der Waals surface area contributed by atoms with Crippen molar-refractivity contribution in [2.75, 3.05) is 6.54 Å². The molecule has 2 nitrogen and oxygen atoms in total. The molecule has 1 rings (SSSR count). The molecule has 0 aliphatic carbocycles. The highest BCUT2D eigenvalue weighted by molar-refractivity contribution is 7.11. The van der Waals surface area contributed by atoms with Gasteiger partial charge in [-0.1, -0.05) is 13.8 Å². The molecule has 0 amide bonds. The topological polar surface area (TPSA) is 24.9 Å². The van der Waals surface area contributed by atoms with Gasteiger partial charge in [0.25, 0.3) is 0 Å². The highest BCUT2D eigenvalue weighted by Gasteiger charge is 1.97. The van der Waals surface area contributed by atoms with E-state index in [0.717, 1.165) is 24.0 Å². The fraction of sp³-hybridized carbons (Fsp3) is 0.667. The molecule has 0 saturated carbocycles. The number of aryl methyl sites for hydroxylation is 1. The van der Waals surface area contributed by atoms with Crippen LogP contribution in [0.3, 0.4) is 0 Å². The molecular weight excluding hydrogens is 168 g/mol. The van der Waals surface area contributed by atoms with E-state index < -0.39 is 0 Å². The van der Waals surface area contributed by atoms with Crippen LogP contribution >= 0.6 is 11.3 Å². The zero-order valence-corrected chi connectivity index (χ0v) is 8.74. The van der Waals surface area contributed by atoms with Crippen LogP contribution in [-0.2, 0) is 6.54 Å². The number of nitrogens with one attached hydrogen (secondary N) is 1. The Bertz CT molecular complexity index is 230. The maximum Gasteiger partial charge on any atom is 0.0897 e.